The van der Waals surface area contributed by atoms with Crippen LogP contribution in [0.1, 0.15) is 5.56 Å². The lowest BCUT2D eigenvalue weighted by molar-refractivity contribution is -0.776. The van der Waals surface area contributed by atoms with Crippen molar-refractivity contribution in [2.45, 2.75) is 0 Å². The molecule has 3 aromatic rings. The quantitative estimate of drug-likeness (QED) is 0.647. The third kappa shape index (κ3) is 2.37. The van der Waals surface area contributed by atoms with Crippen LogP contribution in [0, 0.1) is 0 Å². The monoisotopic (exact) mass is 325 g/mol. The van der Waals surface area contributed by atoms with Gasteiger partial charge >= 0.3 is 0 Å². The second kappa shape index (κ2) is 6.05. The molecule has 25 heavy (non-hydrogen) atoms. The summed E-state index contributed by atoms with van der Waals surface area (Å²) >= 11 is 0. The lowest BCUT2D eigenvalue weighted by Crippen LogP contribution is -2.75. The summed E-state index contributed by atoms with van der Waals surface area (Å²) in [5, 5.41) is 0. The fourth-order valence-electron chi connectivity index (χ4n) is 4.85. The van der Waals surface area contributed by atoms with Gasteiger partial charge < -0.3 is 4.39 Å². The molecule has 0 spiro atoms. The molecule has 1 nitrogen and oxygen atoms in total. The molecule has 124 valence electrons. The third-order valence-corrected chi connectivity index (χ3v) is 5.95. The zero-order chi connectivity index (χ0) is 17.3. The standard InChI is InChI=1S/C23H24BN/c1-25(2)19-18-23(20-12-6-3-7-13-20)24(25,21-14-8-4-9-15-21)22-16-10-5-11-17-22/h3-18H,19H2,1-2H3. The van der Waals surface area contributed by atoms with Crippen LogP contribution in [-0.2, 0) is 0 Å². The minimum Gasteiger partial charge on any atom is -0.506 e. The van der Waals surface area contributed by atoms with Crippen LogP contribution in [0.4, 0.5) is 0 Å². The predicted molar refractivity (Wildman–Crippen MR) is 109 cm³/mol. The molecule has 0 aliphatic carbocycles. The normalized spacial score (nSPS) is 17.9. The molecule has 0 N–H and O–H groups in total. The Morgan fingerprint density at radius 1 is 0.640 bits per heavy atom. The van der Waals surface area contributed by atoms with Crippen molar-refractivity contribution in [2.24, 2.45) is 0 Å². The average Bonchev–Trinajstić information content (AvgIpc) is 2.95. The van der Waals surface area contributed by atoms with Gasteiger partial charge in [-0.3, -0.25) is 0 Å². The Morgan fingerprint density at radius 2 is 1.08 bits per heavy atom. The molecule has 0 fully saturated rings. The second-order valence-electron chi connectivity index (χ2n) is 7.63. The first-order valence-electron chi connectivity index (χ1n) is 9.01. The Labute approximate surface area is 150 Å². The highest BCUT2D eigenvalue weighted by Gasteiger charge is 2.50. The largest absolute Gasteiger partial charge is 0.506 e. The Balaban J connectivity index is 2.06. The molecule has 0 saturated heterocycles. The first kappa shape index (κ1) is 15.9. The van der Waals surface area contributed by atoms with Gasteiger partial charge in [0.2, 0.25) is 0 Å². The van der Waals surface area contributed by atoms with Crippen molar-refractivity contribution in [1.82, 2.24) is 0 Å². The topological polar surface area (TPSA) is 0 Å². The van der Waals surface area contributed by atoms with E-state index in [0.717, 1.165) is 10.9 Å². The fourth-order valence-corrected chi connectivity index (χ4v) is 4.85. The molecule has 1 aliphatic heterocycles. The summed E-state index contributed by atoms with van der Waals surface area (Å²) in [6.45, 7) is 1.04. The third-order valence-electron chi connectivity index (χ3n) is 5.95. The second-order valence-corrected chi connectivity index (χ2v) is 7.63. The molecule has 2 heteroatoms. The molecular formula is C23H24BN. The van der Waals surface area contributed by atoms with Crippen LogP contribution < -0.4 is 10.9 Å². The molecule has 4 rings (SSSR count). The van der Waals surface area contributed by atoms with Gasteiger partial charge in [-0.1, -0.05) is 103 Å². The maximum atomic E-state index is 2.45. The van der Waals surface area contributed by atoms with Gasteiger partial charge in [0.25, 0.3) is 6.28 Å². The van der Waals surface area contributed by atoms with E-state index in [1.807, 2.05) is 0 Å². The zero-order valence-electron chi connectivity index (χ0n) is 15.0. The van der Waals surface area contributed by atoms with Gasteiger partial charge in [0.15, 0.2) is 0 Å². The van der Waals surface area contributed by atoms with Gasteiger partial charge in [-0.05, 0) is 0 Å². The van der Waals surface area contributed by atoms with Crippen molar-refractivity contribution in [3.8, 4) is 0 Å². The van der Waals surface area contributed by atoms with Crippen LogP contribution >= 0.6 is 0 Å². The summed E-state index contributed by atoms with van der Waals surface area (Å²) < 4.78 is 0.943. The van der Waals surface area contributed by atoms with Crippen molar-refractivity contribution < 1.29 is 4.39 Å². The molecule has 0 radical (unpaired) electrons. The highest BCUT2D eigenvalue weighted by Crippen LogP contribution is 2.36. The van der Waals surface area contributed by atoms with E-state index in [2.05, 4.69) is 111 Å². The van der Waals surface area contributed by atoms with E-state index in [1.54, 1.807) is 0 Å². The Morgan fingerprint density at radius 3 is 1.56 bits per heavy atom. The SMILES string of the molecule is C[N+]1(C)CC=C(c2ccccc2)[B-]1(c1ccccc1)c1ccccc1. The number of likely N-dealkylation sites (N-methyl/N-ethyl adjacent to an activating group) is 1. The smallest absolute Gasteiger partial charge is 0.291 e. The van der Waals surface area contributed by atoms with Crippen molar-refractivity contribution in [3.63, 3.8) is 0 Å². The number of benzene rings is 3. The molecule has 0 amide bonds. The predicted octanol–water partition coefficient (Wildman–Crippen LogP) is 3.46. The molecule has 1 heterocycles. The van der Waals surface area contributed by atoms with E-state index >= 15 is 0 Å². The van der Waals surface area contributed by atoms with Crippen molar-refractivity contribution in [2.75, 3.05) is 20.6 Å². The van der Waals surface area contributed by atoms with Crippen molar-refractivity contribution in [1.29, 1.82) is 0 Å². The molecule has 0 unspecified atom stereocenters. The van der Waals surface area contributed by atoms with E-state index in [0.29, 0.717) is 0 Å². The minimum absolute atomic E-state index is 0.943. The lowest BCUT2D eigenvalue weighted by Gasteiger charge is -2.53. The molecule has 0 saturated carbocycles. The molecule has 1 aliphatic rings. The Bertz CT molecular complexity index is 844. The number of quaternary nitrogens is 1. The van der Waals surface area contributed by atoms with Gasteiger partial charge in [-0.2, -0.15) is 0 Å². The first-order valence-corrected chi connectivity index (χ1v) is 9.01. The molecule has 0 bridgehead atoms. The molecular weight excluding hydrogens is 301 g/mol. The first-order chi connectivity index (χ1) is 12.2. The summed E-state index contributed by atoms with van der Waals surface area (Å²) in [6, 6.07) is 33.0. The maximum Gasteiger partial charge on any atom is 0.291 e. The summed E-state index contributed by atoms with van der Waals surface area (Å²) in [7, 11) is 4.73. The minimum atomic E-state index is -1.10. The van der Waals surface area contributed by atoms with Gasteiger partial charge in [0.1, 0.15) is 0 Å². The van der Waals surface area contributed by atoms with Gasteiger partial charge in [-0.15, -0.1) is 16.4 Å². The summed E-state index contributed by atoms with van der Waals surface area (Å²) in [5.41, 5.74) is 5.61. The van der Waals surface area contributed by atoms with E-state index in [-0.39, 0.29) is 0 Å². The number of nitrogens with zero attached hydrogens (tertiary/aromatic N) is 1. The van der Waals surface area contributed by atoms with Crippen LogP contribution in [0.2, 0.25) is 0 Å². The van der Waals surface area contributed by atoms with E-state index < -0.39 is 6.28 Å². The van der Waals surface area contributed by atoms with E-state index in [4.69, 9.17) is 0 Å². The van der Waals surface area contributed by atoms with Crippen LogP contribution in [0.5, 0.6) is 0 Å². The molecule has 0 atom stereocenters. The maximum absolute atomic E-state index is 2.45. The summed E-state index contributed by atoms with van der Waals surface area (Å²) in [4.78, 5) is 0. The lowest BCUT2D eigenvalue weighted by atomic mass is 9.22. The Kier molecular flexibility index (Phi) is 3.86. The number of rotatable bonds is 3. The van der Waals surface area contributed by atoms with Crippen LogP contribution in [0.3, 0.4) is 0 Å². The molecule has 3 aromatic carbocycles. The number of hydrogen-bond acceptors (Lipinski definition) is 0. The van der Waals surface area contributed by atoms with Gasteiger partial charge in [0, 0.05) is 14.1 Å². The average molecular weight is 325 g/mol. The van der Waals surface area contributed by atoms with Crippen LogP contribution in [0.15, 0.2) is 97.1 Å². The van der Waals surface area contributed by atoms with Crippen molar-refractivity contribution in [3.05, 3.63) is 103 Å². The molecule has 0 aromatic heterocycles. The fraction of sp³-hybridized carbons (Fsp3) is 0.130. The summed E-state index contributed by atoms with van der Waals surface area (Å²) in [5.74, 6) is 0. The highest BCUT2D eigenvalue weighted by molar-refractivity contribution is 7.10. The summed E-state index contributed by atoms with van der Waals surface area (Å²) in [6.07, 6.45) is 1.36. The number of hydrogen-bond donors (Lipinski definition) is 0. The Hall–Kier alpha value is -2.58. The van der Waals surface area contributed by atoms with E-state index in [1.165, 1.54) is 22.0 Å². The highest BCUT2D eigenvalue weighted by atomic mass is 15.3. The van der Waals surface area contributed by atoms with Gasteiger partial charge in [0.05, 0.1) is 6.54 Å². The van der Waals surface area contributed by atoms with Gasteiger partial charge in [-0.25, -0.2) is 0 Å². The zero-order valence-corrected chi connectivity index (χ0v) is 15.0. The van der Waals surface area contributed by atoms with Crippen molar-refractivity contribution >= 4 is 22.7 Å². The van der Waals surface area contributed by atoms with Crippen LogP contribution in [-0.4, -0.2) is 31.3 Å². The van der Waals surface area contributed by atoms with Crippen LogP contribution in [0.25, 0.3) is 5.47 Å². The van der Waals surface area contributed by atoms with E-state index in [9.17, 15) is 0 Å².